The molecule has 0 bridgehead atoms. The molecule has 0 atom stereocenters. The predicted molar refractivity (Wildman–Crippen MR) is 101 cm³/mol. The number of hydrogen-bond acceptors (Lipinski definition) is 5. The first kappa shape index (κ1) is 18.8. The predicted octanol–water partition coefficient (Wildman–Crippen LogP) is 2.96. The van der Waals surface area contributed by atoms with Crippen LogP contribution in [0.3, 0.4) is 0 Å². The van der Waals surface area contributed by atoms with E-state index in [1.165, 1.54) is 37.8 Å². The maximum Gasteiger partial charge on any atom is 0.239 e. The largest absolute Gasteiger partial charge is 0.379 e. The van der Waals surface area contributed by atoms with E-state index in [4.69, 9.17) is 9.72 Å². The molecule has 0 radical (unpaired) electrons. The third-order valence-electron chi connectivity index (χ3n) is 5.57. The van der Waals surface area contributed by atoms with Crippen molar-refractivity contribution in [2.45, 2.75) is 63.8 Å². The molecular formula is C19H31N3O2S. The molecule has 140 valence electrons. The van der Waals surface area contributed by atoms with Crippen LogP contribution in [0.5, 0.6) is 0 Å². The lowest BCUT2D eigenvalue weighted by atomic mass is 9.87. The Balaban J connectivity index is 1.45. The summed E-state index contributed by atoms with van der Waals surface area (Å²) >= 11 is 1.74. The van der Waals surface area contributed by atoms with E-state index in [9.17, 15) is 4.79 Å². The molecule has 1 aliphatic carbocycles. The fourth-order valence-corrected chi connectivity index (χ4v) is 4.67. The third kappa shape index (κ3) is 4.80. The second-order valence-corrected chi connectivity index (χ2v) is 8.61. The van der Waals surface area contributed by atoms with Crippen molar-refractivity contribution >= 4 is 17.2 Å². The Labute approximate surface area is 155 Å². The molecule has 3 rings (SSSR count). The Kier molecular flexibility index (Phi) is 6.47. The maximum atomic E-state index is 12.6. The third-order valence-corrected chi connectivity index (χ3v) is 6.50. The molecule has 1 saturated carbocycles. The number of morpholine rings is 1. The number of aromatic nitrogens is 1. The van der Waals surface area contributed by atoms with Crippen molar-refractivity contribution in [2.75, 3.05) is 32.8 Å². The maximum absolute atomic E-state index is 12.6. The van der Waals surface area contributed by atoms with Crippen molar-refractivity contribution < 1.29 is 9.53 Å². The first-order valence-corrected chi connectivity index (χ1v) is 10.5. The molecule has 2 heterocycles. The van der Waals surface area contributed by atoms with Crippen LogP contribution >= 0.6 is 11.3 Å². The number of nitrogens with zero attached hydrogens (tertiary/aromatic N) is 2. The SMILES string of the molecule is CC(C)(C(=O)NCCc1nc(C2CCCCC2)cs1)N1CCOCC1. The van der Waals surface area contributed by atoms with Crippen LogP contribution in [0.1, 0.15) is 62.6 Å². The molecule has 1 aliphatic heterocycles. The Hall–Kier alpha value is -0.980. The van der Waals surface area contributed by atoms with Crippen molar-refractivity contribution in [3.63, 3.8) is 0 Å². The fourth-order valence-electron chi connectivity index (χ4n) is 3.79. The van der Waals surface area contributed by atoms with E-state index in [0.29, 0.717) is 25.7 Å². The highest BCUT2D eigenvalue weighted by Crippen LogP contribution is 2.33. The van der Waals surface area contributed by atoms with Gasteiger partial charge in [-0.3, -0.25) is 9.69 Å². The summed E-state index contributed by atoms with van der Waals surface area (Å²) in [6, 6.07) is 0. The number of hydrogen-bond donors (Lipinski definition) is 1. The van der Waals surface area contributed by atoms with Crippen LogP contribution in [0.25, 0.3) is 0 Å². The number of thiazole rings is 1. The van der Waals surface area contributed by atoms with Crippen molar-refractivity contribution in [1.82, 2.24) is 15.2 Å². The molecule has 0 aromatic carbocycles. The van der Waals surface area contributed by atoms with Crippen LogP contribution < -0.4 is 5.32 Å². The Bertz CT molecular complexity index is 561. The quantitative estimate of drug-likeness (QED) is 0.842. The van der Waals surface area contributed by atoms with Crippen molar-refractivity contribution in [2.24, 2.45) is 0 Å². The minimum absolute atomic E-state index is 0.0958. The molecule has 2 fully saturated rings. The van der Waals surface area contributed by atoms with Gasteiger partial charge in [0.25, 0.3) is 0 Å². The highest BCUT2D eigenvalue weighted by molar-refractivity contribution is 7.09. The van der Waals surface area contributed by atoms with Gasteiger partial charge < -0.3 is 10.1 Å². The average Bonchev–Trinajstić information content (AvgIpc) is 3.12. The van der Waals surface area contributed by atoms with Gasteiger partial charge in [-0.1, -0.05) is 19.3 Å². The van der Waals surface area contributed by atoms with Gasteiger partial charge in [0.2, 0.25) is 5.91 Å². The van der Waals surface area contributed by atoms with E-state index in [0.717, 1.165) is 24.5 Å². The summed E-state index contributed by atoms with van der Waals surface area (Å²) in [5.41, 5.74) is 0.791. The van der Waals surface area contributed by atoms with Crippen molar-refractivity contribution in [1.29, 1.82) is 0 Å². The smallest absolute Gasteiger partial charge is 0.239 e. The van der Waals surface area contributed by atoms with Crippen LogP contribution in [0, 0.1) is 0 Å². The van der Waals surface area contributed by atoms with Gasteiger partial charge in [0, 0.05) is 37.4 Å². The van der Waals surface area contributed by atoms with Crippen LogP contribution in [0.4, 0.5) is 0 Å². The zero-order valence-corrected chi connectivity index (χ0v) is 16.4. The van der Waals surface area contributed by atoms with Gasteiger partial charge in [0.05, 0.1) is 29.5 Å². The molecule has 2 aliphatic rings. The van der Waals surface area contributed by atoms with E-state index in [1.807, 2.05) is 13.8 Å². The highest BCUT2D eigenvalue weighted by Gasteiger charge is 2.35. The van der Waals surface area contributed by atoms with Gasteiger partial charge in [-0.2, -0.15) is 0 Å². The summed E-state index contributed by atoms with van der Waals surface area (Å²) in [6.45, 7) is 7.70. The molecule has 5 nitrogen and oxygen atoms in total. The van der Waals surface area contributed by atoms with Gasteiger partial charge in [-0.15, -0.1) is 11.3 Å². The standard InChI is InChI=1S/C19H31N3O2S/c1-19(2,22-10-12-24-13-11-22)18(23)20-9-8-17-21-16(14-25-17)15-6-4-3-5-7-15/h14-15H,3-13H2,1-2H3,(H,20,23). The Morgan fingerprint density at radius 3 is 2.76 bits per heavy atom. The summed E-state index contributed by atoms with van der Waals surface area (Å²) in [7, 11) is 0. The van der Waals surface area contributed by atoms with E-state index < -0.39 is 5.54 Å². The van der Waals surface area contributed by atoms with E-state index in [2.05, 4.69) is 15.6 Å². The number of carbonyl (C=O) groups is 1. The van der Waals surface area contributed by atoms with Gasteiger partial charge >= 0.3 is 0 Å². The van der Waals surface area contributed by atoms with Crippen LogP contribution in [0.2, 0.25) is 0 Å². The molecule has 0 unspecified atom stereocenters. The van der Waals surface area contributed by atoms with E-state index in [1.54, 1.807) is 11.3 Å². The van der Waals surface area contributed by atoms with Crippen molar-refractivity contribution in [3.05, 3.63) is 16.1 Å². The van der Waals surface area contributed by atoms with E-state index >= 15 is 0 Å². The zero-order chi connectivity index (χ0) is 17.7. The summed E-state index contributed by atoms with van der Waals surface area (Å²) in [5.74, 6) is 0.757. The minimum atomic E-state index is -0.486. The minimum Gasteiger partial charge on any atom is -0.379 e. The average molecular weight is 366 g/mol. The van der Waals surface area contributed by atoms with Gasteiger partial charge in [-0.05, 0) is 26.7 Å². The normalized spacial score (nSPS) is 20.6. The molecule has 1 aromatic rings. The van der Waals surface area contributed by atoms with Gasteiger partial charge in [-0.25, -0.2) is 4.98 Å². The lowest BCUT2D eigenvalue weighted by Crippen LogP contribution is -2.58. The van der Waals surface area contributed by atoms with Crippen LogP contribution in [-0.4, -0.2) is 54.2 Å². The van der Waals surface area contributed by atoms with Crippen LogP contribution in [0.15, 0.2) is 5.38 Å². The van der Waals surface area contributed by atoms with Gasteiger partial charge in [0.1, 0.15) is 0 Å². The Morgan fingerprint density at radius 2 is 2.04 bits per heavy atom. The van der Waals surface area contributed by atoms with Gasteiger partial charge in [0.15, 0.2) is 0 Å². The molecule has 0 spiro atoms. The lowest BCUT2D eigenvalue weighted by molar-refractivity contribution is -0.134. The highest BCUT2D eigenvalue weighted by atomic mass is 32.1. The number of nitrogens with one attached hydrogen (secondary N) is 1. The number of rotatable bonds is 6. The number of carbonyl (C=O) groups excluding carboxylic acids is 1. The molecular weight excluding hydrogens is 334 g/mol. The fraction of sp³-hybridized carbons (Fsp3) is 0.789. The second kappa shape index (κ2) is 8.60. The molecule has 25 heavy (non-hydrogen) atoms. The number of amides is 1. The summed E-state index contributed by atoms with van der Waals surface area (Å²) in [4.78, 5) is 19.6. The monoisotopic (exact) mass is 365 g/mol. The summed E-state index contributed by atoms with van der Waals surface area (Å²) in [6.07, 6.45) is 7.44. The molecule has 6 heteroatoms. The van der Waals surface area contributed by atoms with Crippen LogP contribution in [-0.2, 0) is 16.0 Å². The summed E-state index contributed by atoms with van der Waals surface area (Å²) < 4.78 is 5.39. The second-order valence-electron chi connectivity index (χ2n) is 7.67. The molecule has 1 saturated heterocycles. The van der Waals surface area contributed by atoms with Crippen molar-refractivity contribution in [3.8, 4) is 0 Å². The Morgan fingerprint density at radius 1 is 1.32 bits per heavy atom. The number of ether oxygens (including phenoxy) is 1. The topological polar surface area (TPSA) is 54.5 Å². The molecule has 1 amide bonds. The molecule has 1 aromatic heterocycles. The lowest BCUT2D eigenvalue weighted by Gasteiger charge is -2.39. The zero-order valence-electron chi connectivity index (χ0n) is 15.6. The first-order chi connectivity index (χ1) is 12.1. The molecule has 1 N–H and O–H groups in total. The summed E-state index contributed by atoms with van der Waals surface area (Å²) in [5, 5.41) is 6.47. The first-order valence-electron chi connectivity index (χ1n) is 9.63. The van der Waals surface area contributed by atoms with E-state index in [-0.39, 0.29) is 5.91 Å².